The number of hydrogen-bond donors (Lipinski definition) is 0. The molecule has 0 aliphatic heterocycles. The maximum absolute atomic E-state index is 14.0. The molecular weight excluding hydrogens is 547 g/mol. The minimum Gasteiger partial charge on any atom is -0.494 e. The average Bonchev–Trinajstić information content (AvgIpc) is 3.62. The fourth-order valence-corrected chi connectivity index (χ4v) is 6.98. The number of hydrogen-bond acceptors (Lipinski definition) is 9. The Bertz CT molecular complexity index is 1450. The largest absolute Gasteiger partial charge is 0.494 e. The Balaban J connectivity index is 1.89. The third-order valence-electron chi connectivity index (χ3n) is 5.72. The molecule has 0 atom stereocenters. The summed E-state index contributed by atoms with van der Waals surface area (Å²) >= 11 is 1.46. The van der Waals surface area contributed by atoms with E-state index in [0.29, 0.717) is 40.9 Å². The van der Waals surface area contributed by atoms with Crippen LogP contribution in [0.5, 0.6) is 11.5 Å². The minimum atomic E-state index is -3.83. The third kappa shape index (κ3) is 6.16. The summed E-state index contributed by atoms with van der Waals surface area (Å²) in [6.45, 7) is 2.14. The van der Waals surface area contributed by atoms with Crippen LogP contribution in [0, 0.1) is 6.92 Å². The molecule has 10 nitrogen and oxygen atoms in total. The van der Waals surface area contributed by atoms with E-state index in [1.807, 2.05) is 12.3 Å². The molecule has 0 fully saturated rings. The second-order valence-corrected chi connectivity index (χ2v) is 17.0. The number of rotatable bonds is 12. The van der Waals surface area contributed by atoms with Crippen LogP contribution in [0.25, 0.3) is 17.3 Å². The van der Waals surface area contributed by atoms with Crippen molar-refractivity contribution in [1.29, 1.82) is 0 Å². The maximum Gasteiger partial charge on any atom is 0.246 e. The van der Waals surface area contributed by atoms with E-state index in [-0.39, 0.29) is 18.2 Å². The van der Waals surface area contributed by atoms with Gasteiger partial charge in [-0.05, 0) is 55.7 Å². The molecule has 3 aromatic heterocycles. The molecule has 0 amide bonds. The van der Waals surface area contributed by atoms with Gasteiger partial charge in [0, 0.05) is 24.0 Å². The number of benzene rings is 1. The number of thiazole rings is 1. The molecule has 4 rings (SSSR count). The Hall–Kier alpha value is -3.03. The van der Waals surface area contributed by atoms with Crippen molar-refractivity contribution in [2.45, 2.75) is 13.3 Å². The number of sulfonamides is 1. The van der Waals surface area contributed by atoms with Gasteiger partial charge in [-0.2, -0.15) is 0 Å². The summed E-state index contributed by atoms with van der Waals surface area (Å²) in [6, 6.07) is 8.83. The predicted molar refractivity (Wildman–Crippen MR) is 154 cm³/mol. The quantitative estimate of drug-likeness (QED) is 0.243. The number of para-hydroxylation sites is 1. The number of aryl methyl sites for hydroxylation is 2. The molecule has 3 heterocycles. The zero-order valence-electron chi connectivity index (χ0n) is 22.4. The number of nitrogens with zero attached hydrogens (tertiary/aromatic N) is 5. The second-order valence-electron chi connectivity index (χ2n) is 9.46. The minimum absolute atomic E-state index is 0.120. The molecular formula is C25H33N5O5S3. The molecule has 0 radical (unpaired) electrons. The number of ether oxygens (including phenoxy) is 2. The van der Waals surface area contributed by atoms with Crippen LogP contribution in [-0.2, 0) is 16.4 Å². The third-order valence-corrected chi connectivity index (χ3v) is 9.89. The van der Waals surface area contributed by atoms with Crippen LogP contribution in [0.15, 0.2) is 46.4 Å². The van der Waals surface area contributed by atoms with Crippen LogP contribution < -0.4 is 13.8 Å². The van der Waals surface area contributed by atoms with Crippen molar-refractivity contribution in [3.8, 4) is 28.8 Å². The summed E-state index contributed by atoms with van der Waals surface area (Å²) in [5.74, 6) is 2.38. The van der Waals surface area contributed by atoms with E-state index in [2.05, 4.69) is 33.9 Å². The van der Waals surface area contributed by atoms with E-state index >= 15 is 0 Å². The van der Waals surface area contributed by atoms with Crippen LogP contribution in [0.4, 0.5) is 5.95 Å². The highest BCUT2D eigenvalue weighted by Crippen LogP contribution is 2.40. The Morgan fingerprint density at radius 1 is 1.03 bits per heavy atom. The lowest BCUT2D eigenvalue weighted by molar-refractivity contribution is 0.391. The maximum atomic E-state index is 14.0. The van der Waals surface area contributed by atoms with E-state index in [1.54, 1.807) is 49.1 Å². The van der Waals surface area contributed by atoms with Gasteiger partial charge < -0.3 is 13.9 Å². The summed E-state index contributed by atoms with van der Waals surface area (Å²) in [4.78, 5) is 4.44. The van der Waals surface area contributed by atoms with Gasteiger partial charge in [-0.15, -0.1) is 21.5 Å². The monoisotopic (exact) mass is 579 g/mol. The fourth-order valence-electron chi connectivity index (χ4n) is 3.83. The lowest BCUT2D eigenvalue weighted by Crippen LogP contribution is -2.38. The van der Waals surface area contributed by atoms with E-state index < -0.39 is 20.1 Å². The van der Waals surface area contributed by atoms with Gasteiger partial charge in [0.05, 0.1) is 31.2 Å². The van der Waals surface area contributed by atoms with E-state index in [9.17, 15) is 8.42 Å². The molecule has 38 heavy (non-hydrogen) atoms. The molecule has 0 N–H and O–H groups in total. The van der Waals surface area contributed by atoms with Crippen molar-refractivity contribution in [2.75, 3.05) is 55.3 Å². The number of aromatic nitrogens is 4. The SMILES string of the molecule is COc1cccc(OC)c1-n1c(-c2ccco2)nnc1N(CCS(C)(C)C)S(=O)(=O)CCc1nc(C)cs1. The molecule has 4 aromatic rings. The fraction of sp³-hybridized carbons (Fsp3) is 0.400. The molecule has 13 heteroatoms. The van der Waals surface area contributed by atoms with Gasteiger partial charge in [0.15, 0.2) is 5.76 Å². The van der Waals surface area contributed by atoms with Gasteiger partial charge in [-0.3, -0.25) is 4.57 Å². The van der Waals surface area contributed by atoms with Crippen molar-refractivity contribution in [3.63, 3.8) is 0 Å². The van der Waals surface area contributed by atoms with Crippen molar-refractivity contribution < 1.29 is 22.3 Å². The van der Waals surface area contributed by atoms with E-state index in [1.165, 1.54) is 21.9 Å². The van der Waals surface area contributed by atoms with Crippen molar-refractivity contribution in [1.82, 2.24) is 19.7 Å². The Morgan fingerprint density at radius 2 is 1.74 bits per heavy atom. The average molecular weight is 580 g/mol. The summed E-state index contributed by atoms with van der Waals surface area (Å²) in [5, 5.41) is 11.5. The molecule has 0 unspecified atom stereocenters. The van der Waals surface area contributed by atoms with Crippen molar-refractivity contribution in [3.05, 3.63) is 52.7 Å². The first kappa shape index (κ1) is 28.0. The van der Waals surface area contributed by atoms with Gasteiger partial charge in [0.1, 0.15) is 17.2 Å². The zero-order valence-corrected chi connectivity index (χ0v) is 24.8. The number of anilines is 1. The summed E-state index contributed by atoms with van der Waals surface area (Å²) in [7, 11) is -1.78. The van der Waals surface area contributed by atoms with Crippen molar-refractivity contribution in [2.24, 2.45) is 0 Å². The highest BCUT2D eigenvalue weighted by molar-refractivity contribution is 8.32. The molecule has 206 valence electrons. The molecule has 1 aromatic carbocycles. The van der Waals surface area contributed by atoms with E-state index in [0.717, 1.165) is 10.7 Å². The van der Waals surface area contributed by atoms with Crippen LogP contribution in [0.2, 0.25) is 0 Å². The van der Waals surface area contributed by atoms with Crippen LogP contribution in [-0.4, -0.2) is 79.2 Å². The molecule has 0 saturated carbocycles. The first-order valence-electron chi connectivity index (χ1n) is 11.8. The summed E-state index contributed by atoms with van der Waals surface area (Å²) < 4.78 is 47.9. The molecule has 0 spiro atoms. The topological polar surface area (TPSA) is 113 Å². The lowest BCUT2D eigenvalue weighted by Gasteiger charge is -2.30. The molecule has 0 bridgehead atoms. The van der Waals surface area contributed by atoms with Gasteiger partial charge in [-0.1, -0.05) is 6.07 Å². The Morgan fingerprint density at radius 3 is 2.29 bits per heavy atom. The molecule has 0 aliphatic carbocycles. The Labute approximate surface area is 229 Å². The van der Waals surface area contributed by atoms with Gasteiger partial charge in [-0.25, -0.2) is 27.7 Å². The molecule has 0 aliphatic rings. The van der Waals surface area contributed by atoms with E-state index in [4.69, 9.17) is 13.9 Å². The summed E-state index contributed by atoms with van der Waals surface area (Å²) in [6.07, 6.45) is 8.28. The number of furan rings is 1. The first-order valence-corrected chi connectivity index (χ1v) is 17.3. The zero-order chi connectivity index (χ0) is 27.5. The standard InChI is InChI=1S/C25H33N5O5S3/c1-18-17-36-22(26-18)12-15-38(31,32)29(13-16-37(4,5)6)25-28-27-24(21-11-8-14-35-21)30(25)23-19(33-2)9-7-10-20(23)34-3/h7-11,14,17H,12-13,15-16H2,1-6H3. The second kappa shape index (κ2) is 11.4. The van der Waals surface area contributed by atoms with Crippen LogP contribution >= 0.6 is 21.4 Å². The van der Waals surface area contributed by atoms with Gasteiger partial charge in [0.2, 0.25) is 21.8 Å². The van der Waals surface area contributed by atoms with Crippen molar-refractivity contribution >= 4 is 37.3 Å². The highest BCUT2D eigenvalue weighted by Gasteiger charge is 2.33. The lowest BCUT2D eigenvalue weighted by atomic mass is 10.2. The first-order chi connectivity index (χ1) is 18.0. The highest BCUT2D eigenvalue weighted by atomic mass is 32.3. The molecule has 0 saturated heterocycles. The summed E-state index contributed by atoms with van der Waals surface area (Å²) in [5.41, 5.74) is 1.35. The Kier molecular flexibility index (Phi) is 8.38. The predicted octanol–water partition coefficient (Wildman–Crippen LogP) is 4.38. The van der Waals surface area contributed by atoms with Crippen LogP contribution in [0.1, 0.15) is 10.7 Å². The van der Waals surface area contributed by atoms with Gasteiger partial charge >= 0.3 is 0 Å². The normalized spacial score (nSPS) is 12.5. The smallest absolute Gasteiger partial charge is 0.246 e. The van der Waals surface area contributed by atoms with Gasteiger partial charge in [0.25, 0.3) is 0 Å². The number of methoxy groups -OCH3 is 2. The van der Waals surface area contributed by atoms with Crippen LogP contribution in [0.3, 0.4) is 0 Å².